The van der Waals surface area contributed by atoms with E-state index in [1.807, 2.05) is 38.1 Å². The highest BCUT2D eigenvalue weighted by Gasteiger charge is 2.09. The van der Waals surface area contributed by atoms with E-state index in [9.17, 15) is 9.90 Å². The predicted molar refractivity (Wildman–Crippen MR) is 93.0 cm³/mol. The minimum Gasteiger partial charge on any atom is -0.507 e. The van der Waals surface area contributed by atoms with Crippen molar-refractivity contribution in [1.82, 2.24) is 5.43 Å². The Morgan fingerprint density at radius 1 is 1.13 bits per heavy atom. The Bertz CT molecular complexity index is 719. The normalized spacial score (nSPS) is 11.3. The maximum absolute atomic E-state index is 12.2. The minimum atomic E-state index is -0.259. The number of carbonyl (C=O) groups excluding carboxylic acids is 1. The fourth-order valence-corrected chi connectivity index (χ4v) is 2.29. The highest BCUT2D eigenvalue weighted by Crippen LogP contribution is 2.20. The van der Waals surface area contributed by atoms with Crippen LogP contribution in [0.5, 0.6) is 5.75 Å². The first-order chi connectivity index (χ1) is 11.0. The molecule has 0 heterocycles. The third-order valence-electron chi connectivity index (χ3n) is 3.71. The molecule has 4 nitrogen and oxygen atoms in total. The summed E-state index contributed by atoms with van der Waals surface area (Å²) in [6, 6.07) is 12.8. The van der Waals surface area contributed by atoms with Gasteiger partial charge in [-0.3, -0.25) is 4.79 Å². The van der Waals surface area contributed by atoms with Crippen molar-refractivity contribution < 1.29 is 9.90 Å². The van der Waals surface area contributed by atoms with Crippen LogP contribution in [0, 0.1) is 6.92 Å². The molecular weight excluding hydrogens is 288 g/mol. The molecule has 0 bridgehead atoms. The fraction of sp³-hybridized carbons (Fsp3) is 0.263. The Labute approximate surface area is 136 Å². The lowest BCUT2D eigenvalue weighted by Gasteiger charge is -2.08. The number of nitrogens with zero attached hydrogens (tertiary/aromatic N) is 1. The van der Waals surface area contributed by atoms with Crippen molar-refractivity contribution in [1.29, 1.82) is 0 Å². The number of aryl methyl sites for hydroxylation is 2. The zero-order chi connectivity index (χ0) is 16.8. The van der Waals surface area contributed by atoms with E-state index < -0.39 is 0 Å². The van der Waals surface area contributed by atoms with Crippen molar-refractivity contribution in [3.05, 3.63) is 64.7 Å². The molecule has 2 aromatic carbocycles. The second-order valence-corrected chi connectivity index (χ2v) is 5.42. The molecular formula is C19H22N2O2. The molecule has 2 N–H and O–H groups in total. The van der Waals surface area contributed by atoms with Crippen LogP contribution in [-0.2, 0) is 6.42 Å². The van der Waals surface area contributed by atoms with E-state index in [0.717, 1.165) is 12.0 Å². The van der Waals surface area contributed by atoms with Gasteiger partial charge in [-0.2, -0.15) is 5.10 Å². The van der Waals surface area contributed by atoms with Crippen LogP contribution in [0.4, 0.5) is 0 Å². The average molecular weight is 310 g/mol. The largest absolute Gasteiger partial charge is 0.507 e. The van der Waals surface area contributed by atoms with E-state index in [1.165, 1.54) is 5.56 Å². The molecule has 0 saturated carbocycles. The number of phenolic OH excluding ortho intramolecular Hbond substituents is 1. The molecule has 0 aromatic heterocycles. The van der Waals surface area contributed by atoms with Crippen LogP contribution < -0.4 is 5.43 Å². The summed E-state index contributed by atoms with van der Waals surface area (Å²) in [6.07, 6.45) is 1.54. The third-order valence-corrected chi connectivity index (χ3v) is 3.71. The summed E-state index contributed by atoms with van der Waals surface area (Å²) in [5, 5.41) is 14.2. The summed E-state index contributed by atoms with van der Waals surface area (Å²) >= 11 is 0. The van der Waals surface area contributed by atoms with Crippen LogP contribution in [-0.4, -0.2) is 16.7 Å². The van der Waals surface area contributed by atoms with E-state index >= 15 is 0 Å². The van der Waals surface area contributed by atoms with E-state index in [0.29, 0.717) is 23.3 Å². The number of rotatable bonds is 5. The number of benzene rings is 2. The molecule has 0 unspecified atom stereocenters. The molecule has 0 fully saturated rings. The molecule has 2 aromatic rings. The number of amides is 1. The Morgan fingerprint density at radius 3 is 2.43 bits per heavy atom. The molecule has 0 saturated heterocycles. The first-order valence-corrected chi connectivity index (χ1v) is 7.81. The molecule has 0 aliphatic heterocycles. The van der Waals surface area contributed by atoms with Gasteiger partial charge in [0.15, 0.2) is 0 Å². The van der Waals surface area contributed by atoms with Gasteiger partial charge in [0.1, 0.15) is 5.75 Å². The number of phenols is 1. The maximum Gasteiger partial charge on any atom is 0.271 e. The molecule has 0 spiro atoms. The van der Waals surface area contributed by atoms with Crippen molar-refractivity contribution in [3.8, 4) is 5.75 Å². The van der Waals surface area contributed by atoms with Gasteiger partial charge >= 0.3 is 0 Å². The average Bonchev–Trinajstić information content (AvgIpc) is 2.58. The van der Waals surface area contributed by atoms with Gasteiger partial charge in [-0.05, 0) is 49.6 Å². The lowest BCUT2D eigenvalue weighted by molar-refractivity contribution is 0.0954. The van der Waals surface area contributed by atoms with Crippen LogP contribution in [0.25, 0.3) is 0 Å². The predicted octanol–water partition coefficient (Wildman–Crippen LogP) is 3.81. The van der Waals surface area contributed by atoms with Crippen molar-refractivity contribution >= 4 is 11.6 Å². The Kier molecular flexibility index (Phi) is 5.52. The van der Waals surface area contributed by atoms with Gasteiger partial charge < -0.3 is 5.11 Å². The highest BCUT2D eigenvalue weighted by atomic mass is 16.3. The molecule has 0 aliphatic rings. The first kappa shape index (κ1) is 16.7. The van der Waals surface area contributed by atoms with Crippen molar-refractivity contribution in [2.24, 2.45) is 5.10 Å². The summed E-state index contributed by atoms with van der Waals surface area (Å²) in [5.74, 6) is -0.0940. The van der Waals surface area contributed by atoms with Crippen molar-refractivity contribution in [3.63, 3.8) is 0 Å². The summed E-state index contributed by atoms with van der Waals surface area (Å²) in [6.45, 7) is 5.95. The standard InChI is InChI=1S/C19H22N2O2/c1-4-14-7-9-15(10-8-14)19(23)21-20-17(5-2)16-12-13(3)6-11-18(16)22/h6-12,22H,4-5H2,1-3H3,(H,21,23)/b20-17+. The SMILES string of the molecule is CC/C(=N\NC(=O)c1ccc(CC)cc1)c1cc(C)ccc1O. The van der Waals surface area contributed by atoms with Gasteiger partial charge in [0, 0.05) is 11.1 Å². The molecule has 120 valence electrons. The lowest BCUT2D eigenvalue weighted by atomic mass is 10.0. The molecule has 1 amide bonds. The smallest absolute Gasteiger partial charge is 0.271 e. The summed E-state index contributed by atoms with van der Waals surface area (Å²) in [4.78, 5) is 12.2. The number of aromatic hydroxyl groups is 1. The van der Waals surface area contributed by atoms with Gasteiger partial charge in [-0.15, -0.1) is 0 Å². The van der Waals surface area contributed by atoms with E-state index in [2.05, 4.69) is 17.5 Å². The van der Waals surface area contributed by atoms with Crippen LogP contribution in [0.2, 0.25) is 0 Å². The molecule has 23 heavy (non-hydrogen) atoms. The third kappa shape index (κ3) is 4.19. The second kappa shape index (κ2) is 7.58. The minimum absolute atomic E-state index is 0.165. The number of hydrazone groups is 1. The van der Waals surface area contributed by atoms with Gasteiger partial charge in [0.2, 0.25) is 0 Å². The quantitative estimate of drug-likeness (QED) is 0.651. The molecule has 0 radical (unpaired) electrons. The Balaban J connectivity index is 2.18. The first-order valence-electron chi connectivity index (χ1n) is 7.81. The number of carbonyl (C=O) groups is 1. The Morgan fingerprint density at radius 2 is 1.83 bits per heavy atom. The maximum atomic E-state index is 12.2. The Hall–Kier alpha value is -2.62. The topological polar surface area (TPSA) is 61.7 Å². The van der Waals surface area contributed by atoms with Crippen LogP contribution in [0.3, 0.4) is 0 Å². The van der Waals surface area contributed by atoms with Gasteiger partial charge in [0.25, 0.3) is 5.91 Å². The number of hydrogen-bond donors (Lipinski definition) is 2. The zero-order valence-electron chi connectivity index (χ0n) is 13.8. The second-order valence-electron chi connectivity index (χ2n) is 5.42. The highest BCUT2D eigenvalue weighted by molar-refractivity contribution is 6.04. The van der Waals surface area contributed by atoms with Crippen molar-refractivity contribution in [2.45, 2.75) is 33.6 Å². The lowest BCUT2D eigenvalue weighted by Crippen LogP contribution is -2.20. The van der Waals surface area contributed by atoms with Crippen LogP contribution in [0.15, 0.2) is 47.6 Å². The molecule has 0 aliphatic carbocycles. The fourth-order valence-electron chi connectivity index (χ4n) is 2.29. The summed E-state index contributed by atoms with van der Waals surface area (Å²) in [5.41, 5.74) is 6.64. The number of nitrogens with one attached hydrogen (secondary N) is 1. The molecule has 4 heteroatoms. The monoisotopic (exact) mass is 310 g/mol. The van der Waals surface area contributed by atoms with E-state index in [1.54, 1.807) is 18.2 Å². The zero-order valence-corrected chi connectivity index (χ0v) is 13.8. The molecule has 2 rings (SSSR count). The molecule has 0 atom stereocenters. The van der Waals surface area contributed by atoms with Crippen molar-refractivity contribution in [2.75, 3.05) is 0 Å². The van der Waals surface area contributed by atoms with Gasteiger partial charge in [-0.1, -0.05) is 37.6 Å². The number of hydrogen-bond acceptors (Lipinski definition) is 3. The van der Waals surface area contributed by atoms with Crippen LogP contribution >= 0.6 is 0 Å². The van der Waals surface area contributed by atoms with Gasteiger partial charge in [-0.25, -0.2) is 5.43 Å². The van der Waals surface area contributed by atoms with Gasteiger partial charge in [0.05, 0.1) is 5.71 Å². The summed E-state index contributed by atoms with van der Waals surface area (Å²) < 4.78 is 0. The summed E-state index contributed by atoms with van der Waals surface area (Å²) in [7, 11) is 0. The van der Waals surface area contributed by atoms with E-state index in [4.69, 9.17) is 0 Å². The van der Waals surface area contributed by atoms with Crippen LogP contribution in [0.1, 0.15) is 47.3 Å². The van der Waals surface area contributed by atoms with E-state index in [-0.39, 0.29) is 11.7 Å².